The minimum atomic E-state index is -4.09. The number of rotatable bonds is 4. The van der Waals surface area contributed by atoms with Crippen LogP contribution in [0, 0.1) is 5.41 Å². The Hall–Kier alpha value is 0.100. The van der Waals surface area contributed by atoms with E-state index in [-0.39, 0.29) is 17.5 Å². The average molecular weight is 255 g/mol. The molecule has 0 atom stereocenters. The Bertz CT molecular complexity index is 206. The van der Waals surface area contributed by atoms with Crippen molar-refractivity contribution in [2.45, 2.75) is 51.1 Å². The van der Waals surface area contributed by atoms with Crippen LogP contribution in [-0.2, 0) is 0 Å². The first kappa shape index (κ1) is 14.2. The van der Waals surface area contributed by atoms with Gasteiger partial charge in [-0.1, -0.05) is 13.8 Å². The van der Waals surface area contributed by atoms with E-state index in [9.17, 15) is 13.2 Å². The number of hydrogen-bond donors (Lipinski definition) is 1. The van der Waals surface area contributed by atoms with E-state index in [2.05, 4.69) is 19.2 Å². The third-order valence-electron chi connectivity index (χ3n) is 3.14. The summed E-state index contributed by atoms with van der Waals surface area (Å²) in [6.07, 6.45) is 4.50. The second kappa shape index (κ2) is 5.63. The van der Waals surface area contributed by atoms with Crippen molar-refractivity contribution in [2.24, 2.45) is 5.41 Å². The number of hydrogen-bond acceptors (Lipinski definition) is 2. The van der Waals surface area contributed by atoms with Gasteiger partial charge in [-0.05, 0) is 42.9 Å². The first-order valence-electron chi connectivity index (χ1n) is 5.73. The van der Waals surface area contributed by atoms with Crippen molar-refractivity contribution in [1.82, 2.24) is 5.32 Å². The van der Waals surface area contributed by atoms with Crippen LogP contribution in [0.15, 0.2) is 0 Å². The minimum Gasteiger partial charge on any atom is -0.313 e. The van der Waals surface area contributed by atoms with E-state index in [0.29, 0.717) is 18.0 Å². The summed E-state index contributed by atoms with van der Waals surface area (Å²) in [5.74, 6) is 0.114. The highest BCUT2D eigenvalue weighted by atomic mass is 32.2. The summed E-state index contributed by atoms with van der Waals surface area (Å²) in [7, 11) is 0. The highest BCUT2D eigenvalue weighted by molar-refractivity contribution is 8.00. The zero-order valence-corrected chi connectivity index (χ0v) is 10.7. The average Bonchev–Trinajstić information content (AvgIpc) is 2.13. The maximum Gasteiger partial charge on any atom is 0.441 e. The lowest BCUT2D eigenvalue weighted by molar-refractivity contribution is -0.0327. The third-order valence-corrected chi connectivity index (χ3v) is 3.88. The van der Waals surface area contributed by atoms with E-state index in [1.165, 1.54) is 0 Å². The monoisotopic (exact) mass is 255 g/mol. The largest absolute Gasteiger partial charge is 0.441 e. The summed E-state index contributed by atoms with van der Waals surface area (Å²) < 4.78 is 35.6. The first-order valence-corrected chi connectivity index (χ1v) is 6.71. The van der Waals surface area contributed by atoms with Crippen LogP contribution in [0.2, 0.25) is 0 Å². The van der Waals surface area contributed by atoms with Crippen LogP contribution in [-0.4, -0.2) is 23.8 Å². The van der Waals surface area contributed by atoms with Gasteiger partial charge in [0.15, 0.2) is 0 Å². The van der Waals surface area contributed by atoms with Crippen LogP contribution in [0.4, 0.5) is 13.2 Å². The fourth-order valence-corrected chi connectivity index (χ4v) is 2.48. The quantitative estimate of drug-likeness (QED) is 0.767. The number of halogens is 3. The van der Waals surface area contributed by atoms with Gasteiger partial charge in [-0.25, -0.2) is 0 Å². The van der Waals surface area contributed by atoms with E-state index >= 15 is 0 Å². The molecule has 1 saturated carbocycles. The van der Waals surface area contributed by atoms with Crippen molar-refractivity contribution < 1.29 is 13.2 Å². The van der Waals surface area contributed by atoms with Crippen molar-refractivity contribution in [3.63, 3.8) is 0 Å². The van der Waals surface area contributed by atoms with Gasteiger partial charge < -0.3 is 5.32 Å². The minimum absolute atomic E-state index is 0.0594. The van der Waals surface area contributed by atoms with Gasteiger partial charge in [-0.3, -0.25) is 0 Å². The second-order valence-electron chi connectivity index (χ2n) is 5.19. The Morgan fingerprint density at radius 2 is 1.81 bits per heavy atom. The molecule has 0 saturated heterocycles. The topological polar surface area (TPSA) is 12.0 Å². The van der Waals surface area contributed by atoms with Crippen molar-refractivity contribution in [2.75, 3.05) is 12.3 Å². The van der Waals surface area contributed by atoms with Gasteiger partial charge in [0.25, 0.3) is 0 Å². The molecule has 0 aromatic rings. The number of thioether (sulfide) groups is 1. The van der Waals surface area contributed by atoms with Crippen molar-refractivity contribution in [3.05, 3.63) is 0 Å². The first-order chi connectivity index (χ1) is 7.29. The zero-order valence-electron chi connectivity index (χ0n) is 9.86. The van der Waals surface area contributed by atoms with Gasteiger partial charge in [0.2, 0.25) is 0 Å². The molecule has 0 aliphatic heterocycles. The summed E-state index contributed by atoms with van der Waals surface area (Å²) in [6, 6.07) is 0.418. The summed E-state index contributed by atoms with van der Waals surface area (Å²) in [6.45, 7) is 4.96. The molecule has 0 radical (unpaired) electrons. The SMILES string of the molecule is CC1(C)CCC(NCCSC(F)(F)F)CC1. The molecule has 0 amide bonds. The standard InChI is InChI=1S/C11H20F3NS/c1-10(2)5-3-9(4-6-10)15-7-8-16-11(12,13)14/h9,15H,3-8H2,1-2H3. The zero-order chi connectivity index (χ0) is 12.2. The Kier molecular flexibility index (Phi) is 4.98. The molecule has 96 valence electrons. The van der Waals surface area contributed by atoms with Crippen LogP contribution in [0.25, 0.3) is 0 Å². The van der Waals surface area contributed by atoms with Gasteiger partial charge in [0.05, 0.1) is 0 Å². The van der Waals surface area contributed by atoms with E-state index < -0.39 is 5.51 Å². The van der Waals surface area contributed by atoms with Crippen LogP contribution in [0.1, 0.15) is 39.5 Å². The maximum atomic E-state index is 11.9. The van der Waals surface area contributed by atoms with Crippen molar-refractivity contribution in [3.8, 4) is 0 Å². The molecule has 0 spiro atoms. The number of alkyl halides is 3. The molecule has 1 fully saturated rings. The Morgan fingerprint density at radius 3 is 2.31 bits per heavy atom. The van der Waals surface area contributed by atoms with E-state index in [4.69, 9.17) is 0 Å². The lowest BCUT2D eigenvalue weighted by Gasteiger charge is -2.34. The van der Waals surface area contributed by atoms with Crippen LogP contribution in [0.5, 0.6) is 0 Å². The predicted octanol–water partition coefficient (Wildman–Crippen LogP) is 3.80. The van der Waals surface area contributed by atoms with Crippen LogP contribution >= 0.6 is 11.8 Å². The predicted molar refractivity (Wildman–Crippen MR) is 62.6 cm³/mol. The molecule has 1 nitrogen and oxygen atoms in total. The molecule has 0 aromatic heterocycles. The molecule has 1 rings (SSSR count). The van der Waals surface area contributed by atoms with Crippen LogP contribution in [0.3, 0.4) is 0 Å². The summed E-state index contributed by atoms with van der Waals surface area (Å²) in [5.41, 5.74) is -3.67. The highest BCUT2D eigenvalue weighted by Crippen LogP contribution is 2.35. The molecule has 1 aliphatic carbocycles. The fourth-order valence-electron chi connectivity index (χ4n) is 2.03. The summed E-state index contributed by atoms with van der Waals surface area (Å²) >= 11 is 0.0594. The molecule has 0 unspecified atom stereocenters. The Labute approximate surface area is 99.6 Å². The molecule has 0 heterocycles. The van der Waals surface area contributed by atoms with Crippen molar-refractivity contribution >= 4 is 11.8 Å². The molecule has 5 heteroatoms. The fraction of sp³-hybridized carbons (Fsp3) is 1.00. The molecule has 1 N–H and O–H groups in total. The lowest BCUT2D eigenvalue weighted by atomic mass is 9.75. The Morgan fingerprint density at radius 1 is 1.25 bits per heavy atom. The smallest absolute Gasteiger partial charge is 0.313 e. The van der Waals surface area contributed by atoms with Gasteiger partial charge in [0, 0.05) is 18.3 Å². The van der Waals surface area contributed by atoms with E-state index in [0.717, 1.165) is 25.7 Å². The molecule has 0 bridgehead atoms. The van der Waals surface area contributed by atoms with E-state index in [1.54, 1.807) is 0 Å². The van der Waals surface area contributed by atoms with Crippen molar-refractivity contribution in [1.29, 1.82) is 0 Å². The molecule has 0 aromatic carbocycles. The van der Waals surface area contributed by atoms with Crippen LogP contribution < -0.4 is 5.32 Å². The molecular formula is C11H20F3NS. The number of nitrogens with one attached hydrogen (secondary N) is 1. The van der Waals surface area contributed by atoms with Gasteiger partial charge in [-0.2, -0.15) is 13.2 Å². The summed E-state index contributed by atoms with van der Waals surface area (Å²) in [5, 5.41) is 3.21. The molecule has 1 aliphatic rings. The molecular weight excluding hydrogens is 235 g/mol. The van der Waals surface area contributed by atoms with Gasteiger partial charge in [-0.15, -0.1) is 0 Å². The highest BCUT2D eigenvalue weighted by Gasteiger charge is 2.28. The van der Waals surface area contributed by atoms with Gasteiger partial charge in [0.1, 0.15) is 0 Å². The normalized spacial score (nSPS) is 22.3. The molecule has 16 heavy (non-hydrogen) atoms. The third kappa shape index (κ3) is 5.99. The lowest BCUT2D eigenvalue weighted by Crippen LogP contribution is -2.36. The second-order valence-corrected chi connectivity index (χ2v) is 6.35. The van der Waals surface area contributed by atoms with Gasteiger partial charge >= 0.3 is 5.51 Å². The Balaban J connectivity index is 2.07. The summed E-state index contributed by atoms with van der Waals surface area (Å²) in [4.78, 5) is 0. The van der Waals surface area contributed by atoms with E-state index in [1.807, 2.05) is 0 Å². The maximum absolute atomic E-state index is 11.9.